The van der Waals surface area contributed by atoms with Crippen molar-refractivity contribution in [1.29, 1.82) is 0 Å². The fourth-order valence-electron chi connectivity index (χ4n) is 3.13. The summed E-state index contributed by atoms with van der Waals surface area (Å²) >= 11 is 0. The molecule has 1 fully saturated rings. The predicted molar refractivity (Wildman–Crippen MR) is 129 cm³/mol. The van der Waals surface area contributed by atoms with Gasteiger partial charge in [0.05, 0.1) is 19.9 Å². The van der Waals surface area contributed by atoms with Gasteiger partial charge >= 0.3 is 6.09 Å². The van der Waals surface area contributed by atoms with Crippen molar-refractivity contribution in [3.8, 4) is 0 Å². The Morgan fingerprint density at radius 1 is 1.10 bits per heavy atom. The van der Waals surface area contributed by atoms with Crippen LogP contribution in [0.15, 0.2) is 52.1 Å². The average Bonchev–Trinajstić information content (AvgIpc) is 3.32. The summed E-state index contributed by atoms with van der Waals surface area (Å²) in [5.74, 6) is 1.11. The number of aliphatic imine (C=N–C) groups is 1. The van der Waals surface area contributed by atoms with Gasteiger partial charge < -0.3 is 24.3 Å². The Morgan fingerprint density at radius 2 is 1.77 bits per heavy atom. The molecule has 9 nitrogen and oxygen atoms in total. The number of methoxy groups -OCH3 is 1. The number of rotatable bonds is 5. The second kappa shape index (κ2) is 12.2. The zero-order valence-electron chi connectivity index (χ0n) is 17.7. The van der Waals surface area contributed by atoms with Crippen LogP contribution in [0.4, 0.5) is 10.5 Å². The van der Waals surface area contributed by atoms with Crippen molar-refractivity contribution in [2.24, 2.45) is 4.99 Å². The van der Waals surface area contributed by atoms with Gasteiger partial charge in [0.2, 0.25) is 0 Å². The van der Waals surface area contributed by atoms with Gasteiger partial charge in [0, 0.05) is 38.4 Å². The number of hydrogen-bond donors (Lipinski definition) is 2. The van der Waals surface area contributed by atoms with E-state index < -0.39 is 6.09 Å². The molecule has 31 heavy (non-hydrogen) atoms. The first-order chi connectivity index (χ1) is 14.6. The molecule has 3 rings (SSSR count). The third-order valence-electron chi connectivity index (χ3n) is 4.73. The van der Waals surface area contributed by atoms with Gasteiger partial charge in [-0.1, -0.05) is 12.1 Å². The second-order valence-corrected chi connectivity index (χ2v) is 6.74. The van der Waals surface area contributed by atoms with Crippen molar-refractivity contribution in [3.63, 3.8) is 0 Å². The van der Waals surface area contributed by atoms with Crippen LogP contribution < -0.4 is 10.6 Å². The zero-order chi connectivity index (χ0) is 21.3. The molecule has 10 heteroatoms. The summed E-state index contributed by atoms with van der Waals surface area (Å²) < 4.78 is 9.80. The van der Waals surface area contributed by atoms with Gasteiger partial charge in [-0.3, -0.25) is 10.1 Å². The summed E-state index contributed by atoms with van der Waals surface area (Å²) in [7, 11) is 1.33. The number of ether oxygens (including phenoxy) is 1. The number of carbonyl (C=O) groups is 2. The SMILES string of the molecule is CCNC(=NCc1ccc(NC(=O)OC)cc1)N1CCN(C(=O)c2ccco2)CC1.I. The highest BCUT2D eigenvalue weighted by molar-refractivity contribution is 14.0. The number of carbonyl (C=O) groups excluding carboxylic acids is 2. The number of nitrogens with zero attached hydrogens (tertiary/aromatic N) is 3. The molecule has 0 unspecified atom stereocenters. The molecule has 2 heterocycles. The van der Waals surface area contributed by atoms with Crippen molar-refractivity contribution in [1.82, 2.24) is 15.1 Å². The average molecular weight is 541 g/mol. The lowest BCUT2D eigenvalue weighted by Crippen LogP contribution is -2.53. The van der Waals surface area contributed by atoms with Gasteiger partial charge in [-0.2, -0.15) is 0 Å². The predicted octanol–water partition coefficient (Wildman–Crippen LogP) is 3.00. The molecule has 1 aromatic carbocycles. The van der Waals surface area contributed by atoms with Gasteiger partial charge in [-0.25, -0.2) is 9.79 Å². The van der Waals surface area contributed by atoms with E-state index in [0.29, 0.717) is 44.2 Å². The van der Waals surface area contributed by atoms with Crippen LogP contribution in [-0.4, -0.2) is 67.6 Å². The number of anilines is 1. The molecular weight excluding hydrogens is 513 g/mol. The lowest BCUT2D eigenvalue weighted by molar-refractivity contribution is 0.0657. The van der Waals surface area contributed by atoms with E-state index in [9.17, 15) is 9.59 Å². The van der Waals surface area contributed by atoms with Crippen LogP contribution >= 0.6 is 24.0 Å². The Labute approximate surface area is 198 Å². The van der Waals surface area contributed by atoms with Crippen LogP contribution in [-0.2, 0) is 11.3 Å². The molecular formula is C21H28IN5O4. The van der Waals surface area contributed by atoms with E-state index in [4.69, 9.17) is 9.41 Å². The van der Waals surface area contributed by atoms with Gasteiger partial charge in [-0.15, -0.1) is 24.0 Å². The summed E-state index contributed by atoms with van der Waals surface area (Å²) in [6.07, 6.45) is 1.01. The molecule has 0 radical (unpaired) electrons. The van der Waals surface area contributed by atoms with Crippen LogP contribution in [0.25, 0.3) is 0 Å². The number of benzene rings is 1. The first-order valence-corrected chi connectivity index (χ1v) is 9.90. The summed E-state index contributed by atoms with van der Waals surface area (Å²) in [5.41, 5.74) is 1.69. The van der Waals surface area contributed by atoms with E-state index >= 15 is 0 Å². The summed E-state index contributed by atoms with van der Waals surface area (Å²) in [4.78, 5) is 32.4. The van der Waals surface area contributed by atoms with Gasteiger partial charge in [-0.05, 0) is 36.8 Å². The summed E-state index contributed by atoms with van der Waals surface area (Å²) in [6, 6.07) is 10.9. The monoisotopic (exact) mass is 541 g/mol. The van der Waals surface area contributed by atoms with Crippen LogP contribution in [0, 0.1) is 0 Å². The van der Waals surface area contributed by atoms with E-state index in [1.54, 1.807) is 17.0 Å². The fourth-order valence-corrected chi connectivity index (χ4v) is 3.13. The Morgan fingerprint density at radius 3 is 2.35 bits per heavy atom. The zero-order valence-corrected chi connectivity index (χ0v) is 20.0. The van der Waals surface area contributed by atoms with Crippen molar-refractivity contribution in [2.45, 2.75) is 13.5 Å². The smallest absolute Gasteiger partial charge is 0.411 e. The molecule has 1 aliphatic heterocycles. The van der Waals surface area contributed by atoms with Crippen LogP contribution in [0.3, 0.4) is 0 Å². The van der Waals surface area contributed by atoms with Gasteiger partial charge in [0.1, 0.15) is 0 Å². The van der Waals surface area contributed by atoms with Crippen molar-refractivity contribution >= 4 is 47.6 Å². The highest BCUT2D eigenvalue weighted by Gasteiger charge is 2.25. The molecule has 1 saturated heterocycles. The quantitative estimate of drug-likeness (QED) is 0.343. The maximum absolute atomic E-state index is 12.4. The molecule has 0 spiro atoms. The third kappa shape index (κ3) is 6.88. The molecule has 2 amide bonds. The molecule has 1 aliphatic rings. The van der Waals surface area contributed by atoms with E-state index in [1.165, 1.54) is 13.4 Å². The van der Waals surface area contributed by atoms with E-state index in [2.05, 4.69) is 20.3 Å². The molecule has 0 atom stereocenters. The van der Waals surface area contributed by atoms with Crippen LogP contribution in [0.5, 0.6) is 0 Å². The van der Waals surface area contributed by atoms with Crippen molar-refractivity contribution in [3.05, 3.63) is 54.0 Å². The number of hydrogen-bond acceptors (Lipinski definition) is 5. The Balaban J connectivity index is 0.00000341. The van der Waals surface area contributed by atoms with Gasteiger partial charge in [0.15, 0.2) is 11.7 Å². The first-order valence-electron chi connectivity index (χ1n) is 9.90. The second-order valence-electron chi connectivity index (χ2n) is 6.74. The third-order valence-corrected chi connectivity index (χ3v) is 4.73. The minimum atomic E-state index is -0.500. The molecule has 0 bridgehead atoms. The maximum atomic E-state index is 12.4. The van der Waals surface area contributed by atoms with Crippen LogP contribution in [0.1, 0.15) is 23.0 Å². The van der Waals surface area contributed by atoms with Crippen LogP contribution in [0.2, 0.25) is 0 Å². The van der Waals surface area contributed by atoms with Crippen molar-refractivity contribution < 1.29 is 18.7 Å². The molecule has 1 aromatic heterocycles. The highest BCUT2D eigenvalue weighted by atomic mass is 127. The normalized spacial score (nSPS) is 13.9. The number of guanidine groups is 1. The Hall–Kier alpha value is -2.76. The highest BCUT2D eigenvalue weighted by Crippen LogP contribution is 2.12. The number of nitrogens with one attached hydrogen (secondary N) is 2. The topological polar surface area (TPSA) is 99.4 Å². The van der Waals surface area contributed by atoms with E-state index in [0.717, 1.165) is 18.1 Å². The molecule has 0 aliphatic carbocycles. The Kier molecular flexibility index (Phi) is 9.63. The lowest BCUT2D eigenvalue weighted by Gasteiger charge is -2.36. The summed E-state index contributed by atoms with van der Waals surface area (Å²) in [6.45, 7) is 5.90. The minimum absolute atomic E-state index is 0. The van der Waals surface area contributed by atoms with E-state index in [1.807, 2.05) is 31.2 Å². The number of amides is 2. The molecule has 0 saturated carbocycles. The largest absolute Gasteiger partial charge is 0.459 e. The first kappa shape index (κ1) is 24.5. The number of furan rings is 1. The molecule has 168 valence electrons. The Bertz CT molecular complexity index is 862. The van der Waals surface area contributed by atoms with Crippen molar-refractivity contribution in [2.75, 3.05) is 45.2 Å². The fraction of sp³-hybridized carbons (Fsp3) is 0.381. The molecule has 2 N–H and O–H groups in total. The van der Waals surface area contributed by atoms with E-state index in [-0.39, 0.29) is 29.9 Å². The number of piperazine rings is 1. The summed E-state index contributed by atoms with van der Waals surface area (Å²) in [5, 5.41) is 5.94. The maximum Gasteiger partial charge on any atom is 0.411 e. The number of halogens is 1. The lowest BCUT2D eigenvalue weighted by atomic mass is 10.2. The molecule has 2 aromatic rings. The van der Waals surface area contributed by atoms with Gasteiger partial charge in [0.25, 0.3) is 5.91 Å². The minimum Gasteiger partial charge on any atom is -0.459 e. The standard InChI is InChI=1S/C21H27N5O4.HI/c1-3-22-20(23-15-16-6-8-17(9-7-16)24-21(28)29-2)26-12-10-25(11-13-26)19(27)18-5-4-14-30-18;/h4-9,14H,3,10-13,15H2,1-2H3,(H,22,23)(H,24,28);1H.